The van der Waals surface area contributed by atoms with Gasteiger partial charge in [0.25, 0.3) is 0 Å². The fraction of sp³-hybridized carbons (Fsp3) is 0.412. The highest BCUT2D eigenvalue weighted by Gasteiger charge is 2.32. The second-order valence-corrected chi connectivity index (χ2v) is 6.44. The maximum absolute atomic E-state index is 13.5. The number of esters is 1. The Morgan fingerprint density at radius 2 is 2.12 bits per heavy atom. The van der Waals surface area contributed by atoms with Gasteiger partial charge in [0.1, 0.15) is 5.82 Å². The van der Waals surface area contributed by atoms with Crippen molar-refractivity contribution < 1.29 is 18.7 Å². The molecule has 0 fully saturated rings. The summed E-state index contributed by atoms with van der Waals surface area (Å²) >= 11 is 3.12. The molecule has 0 radical (unpaired) electrons. The van der Waals surface area contributed by atoms with E-state index in [2.05, 4.69) is 33.5 Å². The zero-order chi connectivity index (χ0) is 17.7. The molecule has 0 aliphatic carbocycles. The number of carbonyl (C=O) groups excluding carboxylic acids is 2. The summed E-state index contributed by atoms with van der Waals surface area (Å²) in [6.45, 7) is 4.04. The summed E-state index contributed by atoms with van der Waals surface area (Å²) in [7, 11) is 0. The molecule has 1 heterocycles. The summed E-state index contributed by atoms with van der Waals surface area (Å²) in [5.41, 5.74) is 1.35. The van der Waals surface area contributed by atoms with Gasteiger partial charge in [0, 0.05) is 5.70 Å². The van der Waals surface area contributed by atoms with Gasteiger partial charge in [-0.15, -0.1) is 0 Å². The molecule has 2 rings (SSSR count). The topological polar surface area (TPSA) is 67.4 Å². The Kier molecular flexibility index (Phi) is 6.36. The van der Waals surface area contributed by atoms with E-state index in [0.717, 1.165) is 19.3 Å². The largest absolute Gasteiger partial charge is 0.462 e. The van der Waals surface area contributed by atoms with Crippen LogP contribution in [0.15, 0.2) is 33.9 Å². The van der Waals surface area contributed by atoms with Crippen LogP contribution >= 0.6 is 15.9 Å². The van der Waals surface area contributed by atoms with Gasteiger partial charge in [0.2, 0.25) is 0 Å². The maximum Gasteiger partial charge on any atom is 0.338 e. The Hall–Kier alpha value is -1.89. The molecule has 5 nitrogen and oxygen atoms in total. The lowest BCUT2D eigenvalue weighted by atomic mass is 9.95. The van der Waals surface area contributed by atoms with Crippen LogP contribution in [0.3, 0.4) is 0 Å². The third-order valence-corrected chi connectivity index (χ3v) is 4.35. The van der Waals surface area contributed by atoms with E-state index in [9.17, 15) is 14.0 Å². The van der Waals surface area contributed by atoms with Crippen molar-refractivity contribution in [2.24, 2.45) is 0 Å². The Labute approximate surface area is 148 Å². The van der Waals surface area contributed by atoms with Crippen molar-refractivity contribution in [3.05, 3.63) is 45.3 Å². The van der Waals surface area contributed by atoms with Crippen LogP contribution in [0.2, 0.25) is 0 Å². The lowest BCUT2D eigenvalue weighted by Gasteiger charge is -2.28. The Balaban J connectivity index is 2.26. The van der Waals surface area contributed by atoms with Crippen molar-refractivity contribution in [3.8, 4) is 0 Å². The predicted octanol–water partition coefficient (Wildman–Crippen LogP) is 3.95. The van der Waals surface area contributed by atoms with Crippen LogP contribution in [-0.4, -0.2) is 18.6 Å². The molecule has 1 aliphatic heterocycles. The molecule has 0 saturated heterocycles. The quantitative estimate of drug-likeness (QED) is 0.562. The van der Waals surface area contributed by atoms with E-state index >= 15 is 0 Å². The predicted molar refractivity (Wildman–Crippen MR) is 91.7 cm³/mol. The highest BCUT2D eigenvalue weighted by molar-refractivity contribution is 9.10. The van der Waals surface area contributed by atoms with Gasteiger partial charge in [-0.05, 0) is 47.0 Å². The second kappa shape index (κ2) is 8.28. The van der Waals surface area contributed by atoms with Gasteiger partial charge in [-0.25, -0.2) is 14.0 Å². The van der Waals surface area contributed by atoms with Gasteiger partial charge in [0.15, 0.2) is 0 Å². The molecule has 1 aromatic rings. The molecule has 0 spiro atoms. The highest BCUT2D eigenvalue weighted by atomic mass is 79.9. The third kappa shape index (κ3) is 4.35. The van der Waals surface area contributed by atoms with Gasteiger partial charge < -0.3 is 15.4 Å². The van der Waals surface area contributed by atoms with Crippen molar-refractivity contribution in [3.63, 3.8) is 0 Å². The van der Waals surface area contributed by atoms with Crippen LogP contribution < -0.4 is 10.6 Å². The van der Waals surface area contributed by atoms with Crippen LogP contribution in [0.4, 0.5) is 9.18 Å². The first-order chi connectivity index (χ1) is 11.4. The molecule has 2 amide bonds. The zero-order valence-electron chi connectivity index (χ0n) is 13.6. The highest BCUT2D eigenvalue weighted by Crippen LogP contribution is 2.30. The molecule has 0 aromatic heterocycles. The molecule has 130 valence electrons. The third-order valence-electron chi connectivity index (χ3n) is 3.75. The standard InChI is InChI=1S/C17H20BrFN2O3/c1-3-4-5-8-24-16(22)14-10(2)20-17(23)21-15(14)11-6-7-13(19)12(18)9-11/h6-7,9,15H,3-5,8H2,1-2H3,(H2,20,21,23). The van der Waals surface area contributed by atoms with Crippen molar-refractivity contribution in [2.45, 2.75) is 39.2 Å². The first-order valence-electron chi connectivity index (χ1n) is 7.84. The number of carbonyl (C=O) groups is 2. The van der Waals surface area contributed by atoms with E-state index in [1.54, 1.807) is 13.0 Å². The number of ether oxygens (including phenoxy) is 1. The molecule has 0 bridgehead atoms. The van der Waals surface area contributed by atoms with Crippen molar-refractivity contribution in [2.75, 3.05) is 6.61 Å². The van der Waals surface area contributed by atoms with E-state index in [4.69, 9.17) is 4.74 Å². The summed E-state index contributed by atoms with van der Waals surface area (Å²) in [5.74, 6) is -0.898. The van der Waals surface area contributed by atoms with Crippen LogP contribution in [0.5, 0.6) is 0 Å². The van der Waals surface area contributed by atoms with Crippen LogP contribution in [0.1, 0.15) is 44.7 Å². The molecule has 2 N–H and O–H groups in total. The number of halogens is 2. The van der Waals surface area contributed by atoms with Gasteiger partial charge in [-0.2, -0.15) is 0 Å². The van der Waals surface area contributed by atoms with Gasteiger partial charge >= 0.3 is 12.0 Å². The smallest absolute Gasteiger partial charge is 0.338 e. The van der Waals surface area contributed by atoms with Gasteiger partial charge in [-0.3, -0.25) is 0 Å². The van der Waals surface area contributed by atoms with Crippen LogP contribution in [-0.2, 0) is 9.53 Å². The second-order valence-electron chi connectivity index (χ2n) is 5.59. The summed E-state index contributed by atoms with van der Waals surface area (Å²) in [5, 5.41) is 5.27. The fourth-order valence-electron chi connectivity index (χ4n) is 2.50. The van der Waals surface area contributed by atoms with E-state index in [-0.39, 0.29) is 4.47 Å². The number of nitrogens with one attached hydrogen (secondary N) is 2. The van der Waals surface area contributed by atoms with E-state index in [0.29, 0.717) is 23.4 Å². The minimum Gasteiger partial charge on any atom is -0.462 e. The van der Waals surface area contributed by atoms with Gasteiger partial charge in [-0.1, -0.05) is 25.8 Å². The maximum atomic E-state index is 13.5. The van der Waals surface area contributed by atoms with E-state index in [1.165, 1.54) is 12.1 Å². The van der Waals surface area contributed by atoms with Gasteiger partial charge in [0.05, 0.1) is 22.7 Å². The lowest BCUT2D eigenvalue weighted by molar-refractivity contribution is -0.139. The number of allylic oxidation sites excluding steroid dienone is 1. The number of urea groups is 1. The number of amides is 2. The van der Waals surface area contributed by atoms with Crippen molar-refractivity contribution in [1.82, 2.24) is 10.6 Å². The summed E-state index contributed by atoms with van der Waals surface area (Å²) < 4.78 is 19.0. The normalized spacial score (nSPS) is 17.3. The summed E-state index contributed by atoms with van der Waals surface area (Å²) in [4.78, 5) is 24.2. The van der Waals surface area contributed by atoms with E-state index < -0.39 is 23.9 Å². The molecular formula is C17H20BrFN2O3. The Morgan fingerprint density at radius 3 is 2.79 bits per heavy atom. The molecule has 0 saturated carbocycles. The number of hydrogen-bond acceptors (Lipinski definition) is 3. The number of unbranched alkanes of at least 4 members (excludes halogenated alkanes) is 2. The summed E-state index contributed by atoms with van der Waals surface area (Å²) in [6, 6.07) is 3.26. The SMILES string of the molecule is CCCCCOC(=O)C1=C(C)NC(=O)NC1c1ccc(F)c(Br)c1. The average molecular weight is 399 g/mol. The molecule has 24 heavy (non-hydrogen) atoms. The summed E-state index contributed by atoms with van der Waals surface area (Å²) in [6.07, 6.45) is 2.80. The molecular weight excluding hydrogens is 379 g/mol. The number of benzene rings is 1. The molecule has 7 heteroatoms. The fourth-order valence-corrected chi connectivity index (χ4v) is 2.90. The molecule has 1 aromatic carbocycles. The average Bonchev–Trinajstić information content (AvgIpc) is 2.53. The minimum atomic E-state index is -0.686. The van der Waals surface area contributed by atoms with Crippen molar-refractivity contribution >= 4 is 27.9 Å². The molecule has 1 atom stereocenters. The lowest BCUT2D eigenvalue weighted by Crippen LogP contribution is -2.45. The monoisotopic (exact) mass is 398 g/mol. The molecule has 1 aliphatic rings. The minimum absolute atomic E-state index is 0.265. The zero-order valence-corrected chi connectivity index (χ0v) is 15.2. The Morgan fingerprint density at radius 1 is 1.38 bits per heavy atom. The van der Waals surface area contributed by atoms with Crippen molar-refractivity contribution in [1.29, 1.82) is 0 Å². The number of hydrogen-bond donors (Lipinski definition) is 2. The first kappa shape index (κ1) is 18.4. The number of rotatable bonds is 6. The first-order valence-corrected chi connectivity index (χ1v) is 8.63. The van der Waals surface area contributed by atoms with E-state index in [1.807, 2.05) is 0 Å². The molecule has 1 unspecified atom stereocenters. The van der Waals surface area contributed by atoms with Crippen LogP contribution in [0, 0.1) is 5.82 Å². The van der Waals surface area contributed by atoms with Crippen LogP contribution in [0.25, 0.3) is 0 Å². The Bertz CT molecular complexity index is 676.